The number of aromatic nitrogens is 1. The van der Waals surface area contributed by atoms with Crippen LogP contribution in [-0.2, 0) is 10.8 Å². The molecule has 108 valence electrons. The molecule has 3 nitrogen and oxygen atoms in total. The molecule has 1 heterocycles. The van der Waals surface area contributed by atoms with Crippen molar-refractivity contribution in [3.05, 3.63) is 23.9 Å². The molecular formula is C15H28N2OSi. The monoisotopic (exact) mass is 280 g/mol. The van der Waals surface area contributed by atoms with E-state index in [1.54, 1.807) is 0 Å². The molecule has 1 aromatic heterocycles. The molecule has 0 spiro atoms. The smallest absolute Gasteiger partial charge is 0.191 e. The third-order valence-corrected chi connectivity index (χ3v) is 8.51. The summed E-state index contributed by atoms with van der Waals surface area (Å²) in [5.74, 6) is 0.588. The molecule has 0 aromatic carbocycles. The fourth-order valence-electron chi connectivity index (χ4n) is 1.56. The zero-order valence-corrected chi connectivity index (χ0v) is 14.0. The Morgan fingerprint density at radius 1 is 1.21 bits per heavy atom. The van der Waals surface area contributed by atoms with Crippen molar-refractivity contribution in [2.45, 2.75) is 58.2 Å². The van der Waals surface area contributed by atoms with Crippen LogP contribution in [0.3, 0.4) is 0 Å². The van der Waals surface area contributed by atoms with Gasteiger partial charge in [-0.2, -0.15) is 0 Å². The van der Waals surface area contributed by atoms with E-state index in [0.29, 0.717) is 10.9 Å². The summed E-state index contributed by atoms with van der Waals surface area (Å²) in [5.41, 5.74) is 6.82. The van der Waals surface area contributed by atoms with Crippen molar-refractivity contribution in [2.75, 3.05) is 12.3 Å². The highest BCUT2D eigenvalue weighted by atomic mass is 28.4. The summed E-state index contributed by atoms with van der Waals surface area (Å²) in [6, 6.07) is 3.92. The maximum atomic E-state index is 6.15. The lowest BCUT2D eigenvalue weighted by Gasteiger charge is -2.36. The van der Waals surface area contributed by atoms with Gasteiger partial charge in [0, 0.05) is 12.8 Å². The van der Waals surface area contributed by atoms with Gasteiger partial charge in [-0.15, -0.1) is 0 Å². The lowest BCUT2D eigenvalue weighted by molar-refractivity contribution is 0.279. The van der Waals surface area contributed by atoms with Crippen molar-refractivity contribution >= 4 is 14.1 Å². The van der Waals surface area contributed by atoms with Gasteiger partial charge in [-0.3, -0.25) is 0 Å². The molecule has 0 amide bonds. The van der Waals surface area contributed by atoms with Gasteiger partial charge in [-0.1, -0.05) is 26.8 Å². The maximum Gasteiger partial charge on any atom is 0.191 e. The van der Waals surface area contributed by atoms with Crippen molar-refractivity contribution in [2.24, 2.45) is 0 Å². The number of unbranched alkanes of at least 4 members (excludes halogenated alkanes) is 1. The van der Waals surface area contributed by atoms with Crippen LogP contribution in [0.15, 0.2) is 18.3 Å². The fourth-order valence-corrected chi connectivity index (χ4v) is 2.65. The highest BCUT2D eigenvalue weighted by molar-refractivity contribution is 6.74. The first-order valence-corrected chi connectivity index (χ1v) is 9.97. The van der Waals surface area contributed by atoms with Crippen LogP contribution in [0, 0.1) is 0 Å². The van der Waals surface area contributed by atoms with Gasteiger partial charge in [0.2, 0.25) is 0 Å². The molecule has 0 bridgehead atoms. The third kappa shape index (κ3) is 5.33. The number of anilines is 1. The average Bonchev–Trinajstić information content (AvgIpc) is 2.29. The van der Waals surface area contributed by atoms with Crippen LogP contribution < -0.4 is 5.73 Å². The van der Waals surface area contributed by atoms with E-state index in [1.807, 2.05) is 12.3 Å². The van der Waals surface area contributed by atoms with Crippen LogP contribution >= 0.6 is 0 Å². The van der Waals surface area contributed by atoms with Crippen molar-refractivity contribution < 1.29 is 4.43 Å². The predicted molar refractivity (Wildman–Crippen MR) is 84.7 cm³/mol. The quantitative estimate of drug-likeness (QED) is 0.632. The number of nitrogens with zero attached hydrogens (tertiary/aromatic N) is 1. The summed E-state index contributed by atoms with van der Waals surface area (Å²) in [6.07, 6.45) is 5.16. The number of aryl methyl sites for hydroxylation is 1. The van der Waals surface area contributed by atoms with E-state index in [0.717, 1.165) is 25.9 Å². The minimum Gasteiger partial charge on any atom is -0.417 e. The molecule has 0 saturated heterocycles. The van der Waals surface area contributed by atoms with Gasteiger partial charge < -0.3 is 10.2 Å². The van der Waals surface area contributed by atoms with Crippen molar-refractivity contribution in [3.63, 3.8) is 0 Å². The molecule has 0 atom stereocenters. The number of hydrogen-bond acceptors (Lipinski definition) is 3. The van der Waals surface area contributed by atoms with Crippen LogP contribution in [0.5, 0.6) is 0 Å². The molecular weight excluding hydrogens is 252 g/mol. The standard InChI is InChI=1S/C15H28N2OSi/c1-15(2,3)19(4,5)18-11-7-6-8-13-9-10-14(16)17-12-13/h9-10,12H,6-8,11H2,1-5H3,(H2,16,17). The number of rotatable bonds is 6. The van der Waals surface area contributed by atoms with E-state index in [9.17, 15) is 0 Å². The molecule has 0 radical (unpaired) electrons. The predicted octanol–water partition coefficient (Wildman–Crippen LogP) is 4.01. The third-order valence-electron chi connectivity index (χ3n) is 3.98. The Bertz CT molecular complexity index is 382. The van der Waals surface area contributed by atoms with E-state index in [-0.39, 0.29) is 0 Å². The molecule has 0 aliphatic carbocycles. The normalized spacial score (nSPS) is 12.7. The second-order valence-corrected chi connectivity index (χ2v) is 11.5. The second-order valence-electron chi connectivity index (χ2n) is 6.66. The molecule has 0 fully saturated rings. The molecule has 0 aliphatic heterocycles. The summed E-state index contributed by atoms with van der Waals surface area (Å²) in [6.45, 7) is 12.3. The van der Waals surface area contributed by atoms with Gasteiger partial charge in [0.05, 0.1) is 0 Å². The molecule has 19 heavy (non-hydrogen) atoms. The van der Waals surface area contributed by atoms with Crippen molar-refractivity contribution in [1.29, 1.82) is 0 Å². The zero-order chi connectivity index (χ0) is 14.5. The first-order chi connectivity index (χ1) is 8.72. The summed E-state index contributed by atoms with van der Waals surface area (Å²) >= 11 is 0. The number of pyridine rings is 1. The largest absolute Gasteiger partial charge is 0.417 e. The summed E-state index contributed by atoms with van der Waals surface area (Å²) < 4.78 is 6.15. The lowest BCUT2D eigenvalue weighted by atomic mass is 10.1. The molecule has 1 aromatic rings. The SMILES string of the molecule is CC(C)(C)[Si](C)(C)OCCCCc1ccc(N)nc1. The molecule has 4 heteroatoms. The molecule has 0 saturated carbocycles. The number of hydrogen-bond donors (Lipinski definition) is 1. The van der Waals surface area contributed by atoms with E-state index in [2.05, 4.69) is 44.9 Å². The van der Waals surface area contributed by atoms with E-state index in [1.165, 1.54) is 5.56 Å². The molecule has 2 N–H and O–H groups in total. The van der Waals surface area contributed by atoms with Crippen LogP contribution in [0.2, 0.25) is 18.1 Å². The van der Waals surface area contributed by atoms with E-state index in [4.69, 9.17) is 10.2 Å². The van der Waals surface area contributed by atoms with Crippen molar-refractivity contribution in [3.8, 4) is 0 Å². The van der Waals surface area contributed by atoms with Crippen LogP contribution in [-0.4, -0.2) is 19.9 Å². The fraction of sp³-hybridized carbons (Fsp3) is 0.667. The van der Waals surface area contributed by atoms with Crippen molar-refractivity contribution in [1.82, 2.24) is 4.98 Å². The van der Waals surface area contributed by atoms with Gasteiger partial charge in [0.15, 0.2) is 8.32 Å². The van der Waals surface area contributed by atoms with Crippen LogP contribution in [0.4, 0.5) is 5.82 Å². The Hall–Kier alpha value is -0.873. The Morgan fingerprint density at radius 3 is 2.42 bits per heavy atom. The van der Waals surface area contributed by atoms with Crippen LogP contribution in [0.25, 0.3) is 0 Å². The van der Waals surface area contributed by atoms with Gasteiger partial charge in [-0.05, 0) is 49.0 Å². The summed E-state index contributed by atoms with van der Waals surface area (Å²) in [5, 5.41) is 0.299. The number of nitrogen functional groups attached to an aromatic ring is 1. The Labute approximate surface area is 118 Å². The van der Waals surface area contributed by atoms with E-state index < -0.39 is 8.32 Å². The lowest BCUT2D eigenvalue weighted by Crippen LogP contribution is -2.40. The highest BCUT2D eigenvalue weighted by Crippen LogP contribution is 2.36. The first-order valence-electron chi connectivity index (χ1n) is 7.07. The first kappa shape index (κ1) is 16.2. The Morgan fingerprint density at radius 2 is 1.89 bits per heavy atom. The van der Waals surface area contributed by atoms with Gasteiger partial charge >= 0.3 is 0 Å². The average molecular weight is 280 g/mol. The van der Waals surface area contributed by atoms with Crippen LogP contribution in [0.1, 0.15) is 39.2 Å². The van der Waals surface area contributed by atoms with E-state index >= 15 is 0 Å². The zero-order valence-electron chi connectivity index (χ0n) is 13.0. The number of nitrogens with two attached hydrogens (primary N) is 1. The molecule has 0 aliphatic rings. The maximum absolute atomic E-state index is 6.15. The Balaban J connectivity index is 2.23. The van der Waals surface area contributed by atoms with Gasteiger partial charge in [-0.25, -0.2) is 4.98 Å². The van der Waals surface area contributed by atoms with Gasteiger partial charge in [0.1, 0.15) is 5.82 Å². The highest BCUT2D eigenvalue weighted by Gasteiger charge is 2.36. The minimum absolute atomic E-state index is 0.299. The van der Waals surface area contributed by atoms with Gasteiger partial charge in [0.25, 0.3) is 0 Å². The summed E-state index contributed by atoms with van der Waals surface area (Å²) in [4.78, 5) is 4.10. The summed E-state index contributed by atoms with van der Waals surface area (Å²) in [7, 11) is -1.57. The minimum atomic E-state index is -1.57. The molecule has 1 rings (SSSR count). The topological polar surface area (TPSA) is 48.1 Å². The second kappa shape index (κ2) is 6.53. The Kier molecular flexibility index (Phi) is 5.56. The molecule has 0 unspecified atom stereocenters.